The second kappa shape index (κ2) is 5.82. The van der Waals surface area contributed by atoms with E-state index >= 15 is 0 Å². The van der Waals surface area contributed by atoms with Crippen LogP contribution in [0.25, 0.3) is 0 Å². The van der Waals surface area contributed by atoms with Gasteiger partial charge in [-0.1, -0.05) is 12.1 Å². The number of carbonyl (C=O) groups excluding carboxylic acids is 1. The second-order valence-corrected chi connectivity index (χ2v) is 4.50. The lowest BCUT2D eigenvalue weighted by atomic mass is 9.98. The van der Waals surface area contributed by atoms with Gasteiger partial charge in [0.25, 0.3) is 0 Å². The molecule has 92 valence electrons. The van der Waals surface area contributed by atoms with Crippen molar-refractivity contribution in [3.05, 3.63) is 29.8 Å². The molecule has 0 N–H and O–H groups in total. The molecule has 1 aliphatic rings. The van der Waals surface area contributed by atoms with Gasteiger partial charge in [0.1, 0.15) is 11.5 Å². The summed E-state index contributed by atoms with van der Waals surface area (Å²) in [5.74, 6) is 1.52. The van der Waals surface area contributed by atoms with Crippen LogP contribution in [-0.4, -0.2) is 26.1 Å². The zero-order valence-electron chi connectivity index (χ0n) is 10.1. The maximum Gasteiger partial charge on any atom is 0.137 e. The molecule has 1 aliphatic heterocycles. The Bertz CT molecular complexity index is 381. The summed E-state index contributed by atoms with van der Waals surface area (Å²) in [6, 6.07) is 7.69. The van der Waals surface area contributed by atoms with Gasteiger partial charge >= 0.3 is 0 Å². The standard InChI is InChI=1S/C14H18O3/c1-16-14-4-2-3-11(9-14)7-13(15)8-12-5-6-17-10-12/h2-4,9,12H,5-8,10H2,1H3. The number of rotatable bonds is 5. The van der Waals surface area contributed by atoms with Gasteiger partial charge in [-0.2, -0.15) is 0 Å². The van der Waals surface area contributed by atoms with Gasteiger partial charge in [-0.15, -0.1) is 0 Å². The fraction of sp³-hybridized carbons (Fsp3) is 0.500. The van der Waals surface area contributed by atoms with Gasteiger partial charge in [-0.3, -0.25) is 4.79 Å². The molecule has 1 heterocycles. The number of carbonyl (C=O) groups is 1. The molecule has 0 aliphatic carbocycles. The van der Waals surface area contributed by atoms with Gasteiger partial charge in [0.2, 0.25) is 0 Å². The average molecular weight is 234 g/mol. The van der Waals surface area contributed by atoms with E-state index in [0.717, 1.165) is 30.9 Å². The van der Waals surface area contributed by atoms with Crippen molar-refractivity contribution in [2.45, 2.75) is 19.3 Å². The number of ketones is 1. The lowest BCUT2D eigenvalue weighted by molar-refractivity contribution is -0.119. The van der Waals surface area contributed by atoms with Crippen LogP contribution in [0, 0.1) is 5.92 Å². The molecule has 3 nitrogen and oxygen atoms in total. The van der Waals surface area contributed by atoms with E-state index in [0.29, 0.717) is 18.8 Å². The zero-order valence-corrected chi connectivity index (χ0v) is 10.1. The quantitative estimate of drug-likeness (QED) is 0.783. The van der Waals surface area contributed by atoms with Crippen LogP contribution >= 0.6 is 0 Å². The van der Waals surface area contributed by atoms with Crippen LogP contribution in [0.3, 0.4) is 0 Å². The van der Waals surface area contributed by atoms with Crippen molar-refractivity contribution in [2.24, 2.45) is 5.92 Å². The summed E-state index contributed by atoms with van der Waals surface area (Å²) in [5.41, 5.74) is 1.02. The largest absolute Gasteiger partial charge is 0.497 e. The van der Waals surface area contributed by atoms with Crippen molar-refractivity contribution in [2.75, 3.05) is 20.3 Å². The Morgan fingerprint density at radius 3 is 3.12 bits per heavy atom. The van der Waals surface area contributed by atoms with Crippen molar-refractivity contribution in [1.29, 1.82) is 0 Å². The minimum absolute atomic E-state index is 0.286. The molecule has 0 saturated carbocycles. The highest BCUT2D eigenvalue weighted by Gasteiger charge is 2.19. The van der Waals surface area contributed by atoms with E-state index in [9.17, 15) is 4.79 Å². The number of hydrogen-bond donors (Lipinski definition) is 0. The van der Waals surface area contributed by atoms with Crippen molar-refractivity contribution in [3.8, 4) is 5.75 Å². The molecular formula is C14H18O3. The Balaban J connectivity index is 1.88. The van der Waals surface area contributed by atoms with Crippen molar-refractivity contribution in [1.82, 2.24) is 0 Å². The van der Waals surface area contributed by atoms with Gasteiger partial charge in [-0.25, -0.2) is 0 Å². The molecule has 3 heteroatoms. The Hall–Kier alpha value is -1.35. The monoisotopic (exact) mass is 234 g/mol. The molecule has 1 fully saturated rings. The molecule has 17 heavy (non-hydrogen) atoms. The van der Waals surface area contributed by atoms with E-state index in [4.69, 9.17) is 9.47 Å². The summed E-state index contributed by atoms with van der Waals surface area (Å²) in [4.78, 5) is 11.9. The topological polar surface area (TPSA) is 35.5 Å². The summed E-state index contributed by atoms with van der Waals surface area (Å²) in [7, 11) is 1.64. The maximum atomic E-state index is 11.9. The molecule has 0 spiro atoms. The zero-order chi connectivity index (χ0) is 12.1. The first kappa shape index (κ1) is 12.1. The molecule has 0 bridgehead atoms. The first-order valence-corrected chi connectivity index (χ1v) is 6.00. The molecule has 1 aromatic rings. The average Bonchev–Trinajstić information content (AvgIpc) is 2.82. The van der Waals surface area contributed by atoms with Crippen molar-refractivity contribution >= 4 is 5.78 Å². The van der Waals surface area contributed by atoms with E-state index in [1.54, 1.807) is 7.11 Å². The van der Waals surface area contributed by atoms with Crippen molar-refractivity contribution < 1.29 is 14.3 Å². The SMILES string of the molecule is COc1cccc(CC(=O)CC2CCOC2)c1. The van der Waals surface area contributed by atoms with Gasteiger partial charge in [0, 0.05) is 26.1 Å². The highest BCUT2D eigenvalue weighted by molar-refractivity contribution is 5.81. The van der Waals surface area contributed by atoms with E-state index in [-0.39, 0.29) is 5.78 Å². The third kappa shape index (κ3) is 3.56. The molecule has 0 aromatic heterocycles. The fourth-order valence-corrected chi connectivity index (χ4v) is 2.15. The lowest BCUT2D eigenvalue weighted by Gasteiger charge is -2.07. The third-order valence-corrected chi connectivity index (χ3v) is 3.08. The summed E-state index contributed by atoms with van der Waals surface area (Å²) in [5, 5.41) is 0. The molecule has 2 rings (SSSR count). The van der Waals surface area contributed by atoms with Gasteiger partial charge in [0.05, 0.1) is 7.11 Å². The van der Waals surface area contributed by atoms with Crippen LogP contribution in [-0.2, 0) is 16.0 Å². The highest BCUT2D eigenvalue weighted by Crippen LogP contribution is 2.19. The first-order chi connectivity index (χ1) is 8.28. The molecule has 1 aromatic carbocycles. The smallest absolute Gasteiger partial charge is 0.137 e. The van der Waals surface area contributed by atoms with Crippen LogP contribution < -0.4 is 4.74 Å². The Kier molecular flexibility index (Phi) is 4.15. The van der Waals surface area contributed by atoms with Gasteiger partial charge in [-0.05, 0) is 30.0 Å². The second-order valence-electron chi connectivity index (χ2n) is 4.50. The predicted octanol–water partition coefficient (Wildman–Crippen LogP) is 2.23. The predicted molar refractivity (Wildman–Crippen MR) is 65.2 cm³/mol. The number of ether oxygens (including phenoxy) is 2. The minimum Gasteiger partial charge on any atom is -0.497 e. The summed E-state index contributed by atoms with van der Waals surface area (Å²) in [6.07, 6.45) is 2.15. The molecule has 0 amide bonds. The number of hydrogen-bond acceptors (Lipinski definition) is 3. The van der Waals surface area contributed by atoms with Crippen LogP contribution in [0.15, 0.2) is 24.3 Å². The molecule has 1 atom stereocenters. The Morgan fingerprint density at radius 2 is 2.41 bits per heavy atom. The molecule has 1 saturated heterocycles. The molecule has 0 radical (unpaired) electrons. The van der Waals surface area contributed by atoms with Crippen molar-refractivity contribution in [3.63, 3.8) is 0 Å². The van der Waals surface area contributed by atoms with Crippen LogP contribution in [0.5, 0.6) is 5.75 Å². The van der Waals surface area contributed by atoms with Gasteiger partial charge < -0.3 is 9.47 Å². The Morgan fingerprint density at radius 1 is 1.53 bits per heavy atom. The molecule has 1 unspecified atom stereocenters. The van der Waals surface area contributed by atoms with E-state index in [2.05, 4.69) is 0 Å². The highest BCUT2D eigenvalue weighted by atomic mass is 16.5. The van der Waals surface area contributed by atoms with Crippen LogP contribution in [0.4, 0.5) is 0 Å². The van der Waals surface area contributed by atoms with E-state index in [1.165, 1.54) is 0 Å². The van der Waals surface area contributed by atoms with Crippen LogP contribution in [0.1, 0.15) is 18.4 Å². The first-order valence-electron chi connectivity index (χ1n) is 6.00. The summed E-state index contributed by atoms with van der Waals surface area (Å²) in [6.45, 7) is 1.54. The van der Waals surface area contributed by atoms with E-state index < -0.39 is 0 Å². The van der Waals surface area contributed by atoms with Crippen LogP contribution in [0.2, 0.25) is 0 Å². The lowest BCUT2D eigenvalue weighted by Crippen LogP contribution is -2.10. The minimum atomic E-state index is 0.286. The fourth-order valence-electron chi connectivity index (χ4n) is 2.15. The third-order valence-electron chi connectivity index (χ3n) is 3.08. The summed E-state index contributed by atoms with van der Waals surface area (Å²) >= 11 is 0. The summed E-state index contributed by atoms with van der Waals surface area (Å²) < 4.78 is 10.4. The number of methoxy groups -OCH3 is 1. The maximum absolute atomic E-state index is 11.9. The normalized spacial score (nSPS) is 19.2. The number of benzene rings is 1. The Labute approximate surface area is 102 Å². The molecular weight excluding hydrogens is 216 g/mol. The van der Waals surface area contributed by atoms with E-state index in [1.807, 2.05) is 24.3 Å². The van der Waals surface area contributed by atoms with Gasteiger partial charge in [0.15, 0.2) is 0 Å². The number of Topliss-reactive ketones (excluding diaryl/α,β-unsaturated/α-hetero) is 1.